The van der Waals surface area contributed by atoms with Crippen molar-refractivity contribution in [2.75, 3.05) is 20.3 Å². The number of thioether (sulfide) groups is 1. The fourth-order valence-corrected chi connectivity index (χ4v) is 4.80. The Morgan fingerprint density at radius 2 is 1.78 bits per heavy atom. The van der Waals surface area contributed by atoms with Crippen molar-refractivity contribution < 1.29 is 14.3 Å². The Morgan fingerprint density at radius 3 is 2.50 bits per heavy atom. The lowest BCUT2D eigenvalue weighted by Crippen LogP contribution is -2.31. The van der Waals surface area contributed by atoms with E-state index in [4.69, 9.17) is 14.5 Å². The molecule has 1 saturated heterocycles. The zero-order valence-corrected chi connectivity index (χ0v) is 21.9. The Hall–Kier alpha value is -3.51. The topological polar surface area (TPSA) is 51.1 Å². The van der Waals surface area contributed by atoms with Gasteiger partial charge >= 0.3 is 0 Å². The third-order valence-electron chi connectivity index (χ3n) is 5.85. The molecular formula is C30H32N2O3S. The average Bonchev–Trinajstić information content (AvgIpc) is 3.18. The summed E-state index contributed by atoms with van der Waals surface area (Å²) >= 11 is 1.41. The van der Waals surface area contributed by atoms with Crippen LogP contribution in [0.25, 0.3) is 6.08 Å². The van der Waals surface area contributed by atoms with Gasteiger partial charge in [-0.05, 0) is 73.0 Å². The first-order chi connectivity index (χ1) is 17.6. The predicted octanol–water partition coefficient (Wildman–Crippen LogP) is 7.03. The molecule has 0 bridgehead atoms. The summed E-state index contributed by atoms with van der Waals surface area (Å²) in [6, 6.07) is 24.0. The van der Waals surface area contributed by atoms with Gasteiger partial charge in [-0.1, -0.05) is 67.4 Å². The predicted molar refractivity (Wildman–Crippen MR) is 149 cm³/mol. The van der Waals surface area contributed by atoms with Gasteiger partial charge in [0.05, 0.1) is 24.3 Å². The van der Waals surface area contributed by atoms with Crippen molar-refractivity contribution in [3.63, 3.8) is 0 Å². The number of nitrogens with zero attached hydrogens (tertiary/aromatic N) is 2. The lowest BCUT2D eigenvalue weighted by atomic mass is 10.1. The summed E-state index contributed by atoms with van der Waals surface area (Å²) in [4.78, 5) is 20.7. The fourth-order valence-electron chi connectivity index (χ4n) is 3.77. The van der Waals surface area contributed by atoms with E-state index in [2.05, 4.69) is 19.1 Å². The van der Waals surface area contributed by atoms with Crippen LogP contribution in [0, 0.1) is 6.92 Å². The zero-order chi connectivity index (χ0) is 25.3. The molecular weight excluding hydrogens is 468 g/mol. The number of aryl methyl sites for hydroxylation is 1. The Balaban J connectivity index is 1.60. The summed E-state index contributed by atoms with van der Waals surface area (Å²) in [6.07, 6.45) is 4.71. The molecule has 0 aromatic heterocycles. The van der Waals surface area contributed by atoms with E-state index in [1.54, 1.807) is 12.0 Å². The van der Waals surface area contributed by atoms with Gasteiger partial charge in [-0.3, -0.25) is 9.69 Å². The van der Waals surface area contributed by atoms with Crippen LogP contribution in [0.2, 0.25) is 0 Å². The van der Waals surface area contributed by atoms with Crippen molar-refractivity contribution in [2.24, 2.45) is 4.99 Å². The van der Waals surface area contributed by atoms with Crippen LogP contribution in [0.1, 0.15) is 36.5 Å². The first-order valence-corrected chi connectivity index (χ1v) is 13.1. The number of carbonyl (C=O) groups excluding carboxylic acids is 1. The third-order valence-corrected chi connectivity index (χ3v) is 6.86. The highest BCUT2D eigenvalue weighted by molar-refractivity contribution is 8.18. The molecule has 186 valence electrons. The number of aliphatic imine (C=N–C) groups is 1. The summed E-state index contributed by atoms with van der Waals surface area (Å²) in [5.74, 6) is 1.33. The normalized spacial score (nSPS) is 15.6. The number of unbranched alkanes of at least 4 members (excludes halogenated alkanes) is 1. The molecule has 0 N–H and O–H groups in total. The van der Waals surface area contributed by atoms with Crippen molar-refractivity contribution in [3.05, 3.63) is 94.4 Å². The Labute approximate surface area is 217 Å². The second-order valence-corrected chi connectivity index (χ2v) is 9.65. The SMILES string of the molecule is CCCCOc1ccc(/C=C2/SC(=Nc3ccc(C)cc3)N(CCc3ccccc3)C2=O)cc1OC. The molecule has 36 heavy (non-hydrogen) atoms. The average molecular weight is 501 g/mol. The molecule has 1 aliphatic heterocycles. The molecule has 0 spiro atoms. The standard InChI is InChI=1S/C30H32N2O3S/c1-4-5-19-35-26-16-13-24(20-27(26)34-3)21-28-29(33)32(18-17-23-9-7-6-8-10-23)30(36-28)31-25-14-11-22(2)12-15-25/h6-16,20-21H,4-5,17-19H2,1-3H3/b28-21+,31-30?. The molecule has 0 saturated carbocycles. The smallest absolute Gasteiger partial charge is 0.266 e. The Bertz CT molecular complexity index is 1240. The van der Waals surface area contributed by atoms with Gasteiger partial charge in [-0.25, -0.2) is 4.99 Å². The number of amides is 1. The van der Waals surface area contributed by atoms with E-state index in [9.17, 15) is 4.79 Å². The summed E-state index contributed by atoms with van der Waals surface area (Å²) < 4.78 is 11.4. The van der Waals surface area contributed by atoms with Crippen LogP contribution in [0.3, 0.4) is 0 Å². The number of amidine groups is 1. The van der Waals surface area contributed by atoms with Crippen LogP contribution >= 0.6 is 11.8 Å². The largest absolute Gasteiger partial charge is 0.493 e. The van der Waals surface area contributed by atoms with Crippen molar-refractivity contribution in [1.82, 2.24) is 4.90 Å². The maximum atomic E-state index is 13.5. The number of hydrogen-bond donors (Lipinski definition) is 0. The highest BCUT2D eigenvalue weighted by Crippen LogP contribution is 2.36. The minimum absolute atomic E-state index is 0.0379. The van der Waals surface area contributed by atoms with Gasteiger partial charge in [0.2, 0.25) is 0 Å². The number of hydrogen-bond acceptors (Lipinski definition) is 5. The maximum Gasteiger partial charge on any atom is 0.266 e. The second kappa shape index (κ2) is 12.5. The van der Waals surface area contributed by atoms with Gasteiger partial charge < -0.3 is 9.47 Å². The molecule has 0 atom stereocenters. The van der Waals surface area contributed by atoms with E-state index in [1.165, 1.54) is 22.9 Å². The van der Waals surface area contributed by atoms with Crippen LogP contribution in [0.4, 0.5) is 5.69 Å². The zero-order valence-electron chi connectivity index (χ0n) is 21.1. The molecule has 6 heteroatoms. The first-order valence-electron chi connectivity index (χ1n) is 12.3. The van der Waals surface area contributed by atoms with E-state index in [-0.39, 0.29) is 5.91 Å². The van der Waals surface area contributed by atoms with Crippen LogP contribution in [0.15, 0.2) is 82.7 Å². The Morgan fingerprint density at radius 1 is 1.00 bits per heavy atom. The number of benzene rings is 3. The van der Waals surface area contributed by atoms with Crippen molar-refractivity contribution in [2.45, 2.75) is 33.1 Å². The molecule has 0 unspecified atom stereocenters. The van der Waals surface area contributed by atoms with Crippen LogP contribution in [-0.2, 0) is 11.2 Å². The second-order valence-electron chi connectivity index (χ2n) is 8.65. The Kier molecular flexibility index (Phi) is 8.85. The summed E-state index contributed by atoms with van der Waals surface area (Å²) in [5.41, 5.74) is 4.07. The molecule has 1 fully saturated rings. The minimum Gasteiger partial charge on any atom is -0.493 e. The molecule has 3 aromatic carbocycles. The maximum absolute atomic E-state index is 13.5. The summed E-state index contributed by atoms with van der Waals surface area (Å²) in [7, 11) is 1.63. The van der Waals surface area contributed by atoms with E-state index in [1.807, 2.05) is 73.7 Å². The van der Waals surface area contributed by atoms with Gasteiger partial charge in [0, 0.05) is 6.54 Å². The lowest BCUT2D eigenvalue weighted by molar-refractivity contribution is -0.122. The number of carbonyl (C=O) groups is 1. The van der Waals surface area contributed by atoms with Crippen LogP contribution in [0.5, 0.6) is 11.5 Å². The van der Waals surface area contributed by atoms with E-state index < -0.39 is 0 Å². The highest BCUT2D eigenvalue weighted by atomic mass is 32.2. The van der Waals surface area contributed by atoms with Crippen LogP contribution in [-0.4, -0.2) is 36.2 Å². The monoisotopic (exact) mass is 500 g/mol. The molecule has 1 aliphatic rings. The number of ether oxygens (including phenoxy) is 2. The lowest BCUT2D eigenvalue weighted by Gasteiger charge is -2.15. The fraction of sp³-hybridized carbons (Fsp3) is 0.267. The minimum atomic E-state index is -0.0379. The van der Waals surface area contributed by atoms with Crippen molar-refractivity contribution in [3.8, 4) is 11.5 Å². The molecule has 3 aromatic rings. The van der Waals surface area contributed by atoms with E-state index in [0.29, 0.717) is 34.7 Å². The highest BCUT2D eigenvalue weighted by Gasteiger charge is 2.33. The quantitative estimate of drug-likeness (QED) is 0.222. The third kappa shape index (κ3) is 6.58. The molecule has 1 amide bonds. The van der Waals surface area contributed by atoms with Gasteiger partial charge in [0.15, 0.2) is 16.7 Å². The molecule has 5 nitrogen and oxygen atoms in total. The molecule has 4 rings (SSSR count). The first kappa shape index (κ1) is 25.6. The van der Waals surface area contributed by atoms with Gasteiger partial charge in [-0.2, -0.15) is 0 Å². The van der Waals surface area contributed by atoms with Gasteiger partial charge in [-0.15, -0.1) is 0 Å². The summed E-state index contributed by atoms with van der Waals surface area (Å²) in [6.45, 7) is 5.39. The van der Waals surface area contributed by atoms with Gasteiger partial charge in [0.1, 0.15) is 0 Å². The van der Waals surface area contributed by atoms with Crippen molar-refractivity contribution in [1.29, 1.82) is 0 Å². The number of methoxy groups -OCH3 is 1. The van der Waals surface area contributed by atoms with E-state index in [0.717, 1.165) is 30.5 Å². The molecule has 0 radical (unpaired) electrons. The van der Waals surface area contributed by atoms with E-state index >= 15 is 0 Å². The van der Waals surface area contributed by atoms with Crippen molar-refractivity contribution >= 4 is 34.6 Å². The molecule has 0 aliphatic carbocycles. The molecule has 1 heterocycles. The number of rotatable bonds is 10. The summed E-state index contributed by atoms with van der Waals surface area (Å²) in [5, 5.41) is 0.692. The van der Waals surface area contributed by atoms with Gasteiger partial charge in [0.25, 0.3) is 5.91 Å². The van der Waals surface area contributed by atoms with Crippen LogP contribution < -0.4 is 9.47 Å².